The van der Waals surface area contributed by atoms with Crippen LogP contribution in [0.15, 0.2) is 48.7 Å². The largest absolute Gasteiger partial charge is 0.504 e. The molecule has 1 aliphatic carbocycles. The van der Waals surface area contributed by atoms with Crippen LogP contribution in [0.4, 0.5) is 10.8 Å². The summed E-state index contributed by atoms with van der Waals surface area (Å²) in [5, 5.41) is 121. The molecule has 33 nitrogen and oxygen atoms in total. The molecular weight excluding hydrogens is 1330 g/mol. The highest BCUT2D eigenvalue weighted by Gasteiger charge is 2.50. The molecule has 6 fully saturated rings. The third-order valence-corrected chi connectivity index (χ3v) is 21.1. The highest BCUT2D eigenvalue weighted by molar-refractivity contribution is 7.81. The number of aliphatic hydroxyl groups is 8. The van der Waals surface area contributed by atoms with E-state index in [1.54, 1.807) is 4.52 Å². The van der Waals surface area contributed by atoms with Crippen molar-refractivity contribution in [3.05, 3.63) is 54.2 Å². The molecular formula is C64H93N13O20S2. The maximum absolute atomic E-state index is 15.0. The van der Waals surface area contributed by atoms with Crippen LogP contribution in [0.1, 0.15) is 83.6 Å². The Hall–Kier alpha value is -6.97. The molecule has 546 valence electrons. The molecule has 5 saturated heterocycles. The molecule has 2 aromatic carbocycles. The van der Waals surface area contributed by atoms with Crippen LogP contribution in [0.3, 0.4) is 0 Å². The monoisotopic (exact) mass is 1430 g/mol. The zero-order valence-electron chi connectivity index (χ0n) is 55.2. The Labute approximate surface area is 576 Å². The van der Waals surface area contributed by atoms with Crippen molar-refractivity contribution in [2.45, 2.75) is 169 Å². The first-order valence-electron chi connectivity index (χ1n) is 33.9. The number of nitrogens with one attached hydrogen (secondary N) is 6. The number of carbonyl (C=O) groups is 6. The third-order valence-electron chi connectivity index (χ3n) is 19.8. The van der Waals surface area contributed by atoms with Crippen LogP contribution in [-0.2, 0) is 50.3 Å². The number of anilines is 2. The van der Waals surface area contributed by atoms with E-state index in [9.17, 15) is 87.7 Å². The highest BCUT2D eigenvalue weighted by atomic mass is 32.3. The van der Waals surface area contributed by atoms with E-state index in [2.05, 4.69) is 70.1 Å². The van der Waals surface area contributed by atoms with Gasteiger partial charge in [0.25, 0.3) is 0 Å². The second-order valence-corrected chi connectivity index (χ2v) is 29.0. The number of phenols is 1. The normalized spacial score (nSPS) is 27.4. The summed E-state index contributed by atoms with van der Waals surface area (Å²) in [4.78, 5) is 100. The zero-order valence-corrected chi connectivity index (χ0v) is 56.8. The Kier molecular flexibility index (Phi) is 25.1. The lowest BCUT2D eigenvalue weighted by Crippen LogP contribution is -2.64. The minimum Gasteiger partial charge on any atom is -0.504 e. The molecule has 6 aliphatic rings. The Morgan fingerprint density at radius 1 is 0.758 bits per heavy atom. The quantitative estimate of drug-likeness (QED) is 0.0339. The van der Waals surface area contributed by atoms with Gasteiger partial charge in [-0.3, -0.25) is 33.3 Å². The summed E-state index contributed by atoms with van der Waals surface area (Å²) < 4.78 is 45.1. The fraction of sp³-hybridized carbons (Fsp3) is 0.656. The van der Waals surface area contributed by atoms with Crippen LogP contribution in [-0.4, -0.2) is 283 Å². The molecule has 13 atom stereocenters. The van der Waals surface area contributed by atoms with E-state index in [0.717, 1.165) is 93.5 Å². The van der Waals surface area contributed by atoms with E-state index in [1.165, 1.54) is 44.4 Å². The number of aromatic hydroxyl groups is 1. The molecule has 10 rings (SSSR count). The molecule has 16 N–H and O–H groups in total. The Bertz CT molecular complexity index is 3520. The third kappa shape index (κ3) is 18.8. The standard InChI is InChI=1S/C64H93N13O20S2/c1-34-28-76-55(56(34)86)60(90)67-27-42(81)24-45(66-26-36-13-18-74(19-14-36)64-72-77-30-46(68-63(77)98-64)39-7-9-41(10-8-39)73-20-15-44(16-21-73)96-33-37-4-3-5-37)57(87)69-52(35(2)80)61(91)75-29-43(82)25-47(75)58(88)70-53(50(85)22-38-6-11-48(83)51(23-38)97-99(93,94)95)59(89)71-54(62(76)92)49(84)12-17-65-40(31-78)32-79/h6-11,23,30,34-37,40,42-45,47,49-50,52-56,65-66,78-86H,3-5,12-22,24-29,31-33H2,1-2H3,(H,67,90)(H,69,87)(H,70,88)(H,71,89)(H,93,94,95)/t34-,35+,42+,43+,45?,47-,49+,50+,52?,53-,54-,55-,56-/m0/s1. The number of aromatic nitrogens is 3. The number of nitrogens with zero attached hydrogens (tertiary/aromatic N) is 7. The fourth-order valence-electron chi connectivity index (χ4n) is 13.6. The molecule has 1 saturated carbocycles. The molecule has 0 bridgehead atoms. The molecule has 2 aromatic heterocycles. The van der Waals surface area contributed by atoms with Gasteiger partial charge in [0, 0.05) is 82.4 Å². The molecule has 99 heavy (non-hydrogen) atoms. The van der Waals surface area contributed by atoms with E-state index in [4.69, 9.17) is 14.8 Å². The van der Waals surface area contributed by atoms with Crippen molar-refractivity contribution in [1.82, 2.24) is 56.3 Å². The van der Waals surface area contributed by atoms with Crippen LogP contribution in [0.2, 0.25) is 0 Å². The minimum atomic E-state index is -5.22. The van der Waals surface area contributed by atoms with Crippen molar-refractivity contribution in [3.63, 3.8) is 0 Å². The van der Waals surface area contributed by atoms with Crippen LogP contribution in [0, 0.1) is 17.8 Å². The van der Waals surface area contributed by atoms with Crippen LogP contribution < -0.4 is 45.9 Å². The van der Waals surface area contributed by atoms with Gasteiger partial charge < -0.3 is 106 Å². The van der Waals surface area contributed by atoms with Crippen molar-refractivity contribution in [2.75, 3.05) is 88.5 Å². The number of rotatable bonds is 22. The Morgan fingerprint density at radius 2 is 1.43 bits per heavy atom. The summed E-state index contributed by atoms with van der Waals surface area (Å²) in [5.74, 6) is -8.49. The van der Waals surface area contributed by atoms with Crippen LogP contribution >= 0.6 is 11.3 Å². The van der Waals surface area contributed by atoms with Gasteiger partial charge in [-0.05, 0) is 113 Å². The van der Waals surface area contributed by atoms with Crippen molar-refractivity contribution in [3.8, 4) is 22.8 Å². The summed E-state index contributed by atoms with van der Waals surface area (Å²) >= 11 is 1.46. The Balaban J connectivity index is 0.853. The van der Waals surface area contributed by atoms with Crippen molar-refractivity contribution in [1.29, 1.82) is 0 Å². The summed E-state index contributed by atoms with van der Waals surface area (Å²) in [5.41, 5.74) is 2.84. The van der Waals surface area contributed by atoms with E-state index in [-0.39, 0.29) is 31.1 Å². The molecule has 4 aromatic rings. The number of aliphatic hydroxyl groups excluding tert-OH is 8. The number of imidazole rings is 1. The molecule has 5 aliphatic heterocycles. The van der Waals surface area contributed by atoms with Crippen molar-refractivity contribution < 1.29 is 96.6 Å². The second kappa shape index (κ2) is 33.2. The summed E-state index contributed by atoms with van der Waals surface area (Å²) in [6.45, 7) is 4.07. The predicted molar refractivity (Wildman–Crippen MR) is 356 cm³/mol. The molecule has 35 heteroatoms. The minimum absolute atomic E-state index is 0.0433. The van der Waals surface area contributed by atoms with Gasteiger partial charge in [0.2, 0.25) is 45.5 Å². The van der Waals surface area contributed by atoms with Gasteiger partial charge in [0.1, 0.15) is 30.2 Å². The second-order valence-electron chi connectivity index (χ2n) is 27.1. The smallest absolute Gasteiger partial charge is 0.446 e. The average Bonchev–Trinajstić information content (AvgIpc) is 1.68. The number of phenolic OH excluding ortho intramolecular Hbond substituents is 1. The van der Waals surface area contributed by atoms with E-state index in [1.807, 2.05) is 6.20 Å². The number of ether oxygens (including phenoxy) is 1. The van der Waals surface area contributed by atoms with Crippen LogP contribution in [0.25, 0.3) is 16.2 Å². The van der Waals surface area contributed by atoms with Gasteiger partial charge in [-0.1, -0.05) is 42.9 Å². The summed E-state index contributed by atoms with van der Waals surface area (Å²) in [6.07, 6.45) is -2.91. The number of β-amino-alcohol motifs (C(OH)–C–C–N with tert-alkyl or cyclic N) is 1. The average molecular weight is 1430 g/mol. The first kappa shape index (κ1) is 74.7. The molecule has 0 spiro atoms. The highest BCUT2D eigenvalue weighted by Crippen LogP contribution is 2.34. The van der Waals surface area contributed by atoms with Crippen LogP contribution in [0.5, 0.6) is 11.5 Å². The first-order chi connectivity index (χ1) is 47.2. The SMILES string of the molecule is C[C@@H](O)C1NC(=O)C(NCC2CCN(c3nn4cc(-c5ccc(N6CCC(OCC7CCC7)CC6)cc5)nc4s3)CC2)C[C@@H](O)CNC(=O)[C@@H]2[C@@H](O)[C@@H](C)CN2C(=O)[C@H]([C@H](O)CCNC(CO)CO)NC(=O)[C@H]([C@H](O)Cc2ccc(O)c(OS(=O)(=O)O)c2)NC(=O)[C@@H]2C[C@@H](O)CN2C1=O. The predicted octanol–water partition coefficient (Wildman–Crippen LogP) is -3.51. The number of benzene rings is 2. The lowest BCUT2D eigenvalue weighted by molar-refractivity contribution is -0.147. The number of amides is 6. The zero-order chi connectivity index (χ0) is 71.0. The number of piperidine rings is 2. The van der Waals surface area contributed by atoms with E-state index >= 15 is 0 Å². The van der Waals surface area contributed by atoms with Crippen molar-refractivity contribution in [2.24, 2.45) is 17.8 Å². The Morgan fingerprint density at radius 3 is 2.09 bits per heavy atom. The molecule has 2 unspecified atom stereocenters. The van der Waals surface area contributed by atoms with Gasteiger partial charge in [0.05, 0.1) is 79.9 Å². The molecule has 6 amide bonds. The number of hydrogen-bond acceptors (Lipinski definition) is 26. The van der Waals surface area contributed by atoms with E-state index in [0.29, 0.717) is 32.0 Å². The molecule has 0 radical (unpaired) electrons. The summed E-state index contributed by atoms with van der Waals surface area (Å²) in [7, 11) is -5.22. The van der Waals surface area contributed by atoms with Gasteiger partial charge >= 0.3 is 10.4 Å². The first-order valence-corrected chi connectivity index (χ1v) is 36.1. The maximum Gasteiger partial charge on any atom is 0.446 e. The molecule has 7 heterocycles. The topological polar surface area (TPSA) is 473 Å². The maximum atomic E-state index is 15.0. The van der Waals surface area contributed by atoms with Gasteiger partial charge in [-0.15, -0.1) is 5.10 Å². The summed E-state index contributed by atoms with van der Waals surface area (Å²) in [6, 6.07) is -0.413. The van der Waals surface area contributed by atoms with Crippen molar-refractivity contribution >= 4 is 73.0 Å². The van der Waals surface area contributed by atoms with E-state index < -0.39 is 194 Å². The van der Waals surface area contributed by atoms with Gasteiger partial charge in [0.15, 0.2) is 11.5 Å². The van der Waals surface area contributed by atoms with Gasteiger partial charge in [-0.25, -0.2) is 9.50 Å². The fourth-order valence-corrected chi connectivity index (χ4v) is 14.9. The lowest BCUT2D eigenvalue weighted by Gasteiger charge is -2.35. The number of hydrogen-bond donors (Lipinski definition) is 16. The number of carbonyl (C=O) groups excluding carboxylic acids is 6. The number of fused-ring (bicyclic) bond motifs is 3. The lowest BCUT2D eigenvalue weighted by atomic mass is 9.86. The van der Waals surface area contributed by atoms with Gasteiger partial charge in [-0.2, -0.15) is 8.42 Å².